The van der Waals surface area contributed by atoms with Gasteiger partial charge in [0.1, 0.15) is 16.6 Å². The summed E-state index contributed by atoms with van der Waals surface area (Å²) in [5.74, 6) is -0.867. The number of fused-ring (bicyclic) bond motifs is 1. The van der Waals surface area contributed by atoms with Crippen molar-refractivity contribution in [1.29, 1.82) is 0 Å². The molecule has 2 aromatic rings. The SMILES string of the molecule is NCCC(Sc1ncnc2ccccc12)C(=O)O. The van der Waals surface area contributed by atoms with Crippen molar-refractivity contribution >= 4 is 28.6 Å². The van der Waals surface area contributed by atoms with Gasteiger partial charge in [0.25, 0.3) is 0 Å². The average Bonchev–Trinajstić information content (AvgIpc) is 2.38. The number of nitrogens with zero attached hydrogens (tertiary/aromatic N) is 2. The van der Waals surface area contributed by atoms with Crippen LogP contribution < -0.4 is 5.73 Å². The molecular weight excluding hydrogens is 250 g/mol. The van der Waals surface area contributed by atoms with Crippen molar-refractivity contribution in [2.24, 2.45) is 5.73 Å². The normalized spacial score (nSPS) is 12.5. The van der Waals surface area contributed by atoms with Gasteiger partial charge < -0.3 is 10.8 Å². The first-order valence-corrected chi connectivity index (χ1v) is 6.39. The number of carboxylic acid groups (broad SMARTS) is 1. The molecule has 0 spiro atoms. The molecule has 0 aliphatic heterocycles. The maximum absolute atomic E-state index is 11.1. The zero-order valence-corrected chi connectivity index (χ0v) is 10.4. The maximum Gasteiger partial charge on any atom is 0.317 e. The molecule has 0 aliphatic carbocycles. The van der Waals surface area contributed by atoms with E-state index in [4.69, 9.17) is 10.8 Å². The number of carbonyl (C=O) groups is 1. The largest absolute Gasteiger partial charge is 0.480 e. The third-order valence-corrected chi connectivity index (χ3v) is 3.73. The highest BCUT2D eigenvalue weighted by atomic mass is 32.2. The van der Waals surface area contributed by atoms with Crippen LogP contribution in [0.4, 0.5) is 0 Å². The summed E-state index contributed by atoms with van der Waals surface area (Å²) in [4.78, 5) is 19.4. The predicted molar refractivity (Wildman–Crippen MR) is 70.5 cm³/mol. The van der Waals surface area contributed by atoms with E-state index in [9.17, 15) is 4.79 Å². The van der Waals surface area contributed by atoms with Crippen molar-refractivity contribution in [3.63, 3.8) is 0 Å². The standard InChI is InChI=1S/C12H13N3O2S/c13-6-5-10(12(16)17)18-11-8-3-1-2-4-9(8)14-7-15-11/h1-4,7,10H,5-6,13H2,(H,16,17). The van der Waals surface area contributed by atoms with Crippen molar-refractivity contribution in [3.05, 3.63) is 30.6 Å². The molecular formula is C12H13N3O2S. The summed E-state index contributed by atoms with van der Waals surface area (Å²) in [6.07, 6.45) is 1.87. The first-order chi connectivity index (χ1) is 8.72. The molecule has 0 fully saturated rings. The topological polar surface area (TPSA) is 89.1 Å². The quantitative estimate of drug-likeness (QED) is 0.628. The Morgan fingerprint density at radius 1 is 1.39 bits per heavy atom. The molecule has 94 valence electrons. The van der Waals surface area contributed by atoms with Crippen LogP contribution in [0.25, 0.3) is 10.9 Å². The van der Waals surface area contributed by atoms with Gasteiger partial charge in [-0.15, -0.1) is 0 Å². The Morgan fingerprint density at radius 3 is 2.89 bits per heavy atom. The van der Waals surface area contributed by atoms with Gasteiger partial charge in [-0.05, 0) is 19.0 Å². The van der Waals surface area contributed by atoms with Gasteiger partial charge in [-0.25, -0.2) is 9.97 Å². The van der Waals surface area contributed by atoms with Gasteiger partial charge in [0.05, 0.1) is 5.52 Å². The summed E-state index contributed by atoms with van der Waals surface area (Å²) >= 11 is 1.22. The molecule has 1 aromatic heterocycles. The molecule has 0 saturated heterocycles. The molecule has 1 aromatic carbocycles. The molecule has 18 heavy (non-hydrogen) atoms. The van der Waals surface area contributed by atoms with Crippen LogP contribution in [0.1, 0.15) is 6.42 Å². The fourth-order valence-corrected chi connectivity index (χ4v) is 2.62. The van der Waals surface area contributed by atoms with Gasteiger partial charge in [0.2, 0.25) is 0 Å². The second-order valence-corrected chi connectivity index (χ2v) is 4.91. The van der Waals surface area contributed by atoms with E-state index in [0.29, 0.717) is 18.0 Å². The molecule has 5 nitrogen and oxygen atoms in total. The van der Waals surface area contributed by atoms with E-state index < -0.39 is 11.2 Å². The average molecular weight is 263 g/mol. The van der Waals surface area contributed by atoms with E-state index in [2.05, 4.69) is 9.97 Å². The number of hydrogen-bond acceptors (Lipinski definition) is 5. The lowest BCUT2D eigenvalue weighted by atomic mass is 10.2. The summed E-state index contributed by atoms with van der Waals surface area (Å²) < 4.78 is 0. The molecule has 1 unspecified atom stereocenters. The van der Waals surface area contributed by atoms with E-state index in [1.165, 1.54) is 18.1 Å². The third kappa shape index (κ3) is 2.77. The van der Waals surface area contributed by atoms with Crippen LogP contribution in [0.2, 0.25) is 0 Å². The van der Waals surface area contributed by atoms with Crippen LogP contribution in [-0.2, 0) is 4.79 Å². The number of para-hydroxylation sites is 1. The molecule has 0 radical (unpaired) electrons. The van der Waals surface area contributed by atoms with E-state index in [1.807, 2.05) is 24.3 Å². The molecule has 0 bridgehead atoms. The van der Waals surface area contributed by atoms with Crippen LogP contribution in [0, 0.1) is 0 Å². The highest BCUT2D eigenvalue weighted by Gasteiger charge is 2.19. The summed E-state index contributed by atoms with van der Waals surface area (Å²) in [7, 11) is 0. The van der Waals surface area contributed by atoms with Crippen LogP contribution in [-0.4, -0.2) is 32.8 Å². The second kappa shape index (κ2) is 5.79. The number of aromatic nitrogens is 2. The number of thioether (sulfide) groups is 1. The number of nitrogens with two attached hydrogens (primary N) is 1. The lowest BCUT2D eigenvalue weighted by molar-refractivity contribution is -0.136. The number of aliphatic carboxylic acids is 1. The summed E-state index contributed by atoms with van der Waals surface area (Å²) in [6, 6.07) is 7.53. The minimum Gasteiger partial charge on any atom is -0.480 e. The van der Waals surface area contributed by atoms with Gasteiger partial charge in [0.15, 0.2) is 0 Å². The Hall–Kier alpha value is -1.66. The van der Waals surface area contributed by atoms with Gasteiger partial charge in [-0.3, -0.25) is 4.79 Å². The van der Waals surface area contributed by atoms with Crippen LogP contribution in [0.5, 0.6) is 0 Å². The first kappa shape index (κ1) is 12.8. The molecule has 0 amide bonds. The summed E-state index contributed by atoms with van der Waals surface area (Å²) in [5.41, 5.74) is 6.24. The Bertz CT molecular complexity index is 557. The number of benzene rings is 1. The lowest BCUT2D eigenvalue weighted by Crippen LogP contribution is -2.20. The van der Waals surface area contributed by atoms with Crippen molar-refractivity contribution < 1.29 is 9.90 Å². The molecule has 0 aliphatic rings. The van der Waals surface area contributed by atoms with Gasteiger partial charge in [-0.1, -0.05) is 30.0 Å². The van der Waals surface area contributed by atoms with Gasteiger partial charge in [-0.2, -0.15) is 0 Å². The molecule has 0 saturated carbocycles. The predicted octanol–water partition coefficient (Wildman–Crippen LogP) is 1.52. The molecule has 1 heterocycles. The van der Waals surface area contributed by atoms with E-state index in [-0.39, 0.29) is 0 Å². The summed E-state index contributed by atoms with van der Waals surface area (Å²) in [6.45, 7) is 0.340. The molecule has 1 atom stereocenters. The van der Waals surface area contributed by atoms with Crippen LogP contribution in [0.15, 0.2) is 35.6 Å². The van der Waals surface area contributed by atoms with E-state index in [1.54, 1.807) is 0 Å². The van der Waals surface area contributed by atoms with Crippen molar-refractivity contribution in [1.82, 2.24) is 9.97 Å². The molecule has 3 N–H and O–H groups in total. The van der Waals surface area contributed by atoms with Crippen molar-refractivity contribution in [2.75, 3.05) is 6.54 Å². The zero-order valence-electron chi connectivity index (χ0n) is 9.61. The van der Waals surface area contributed by atoms with Gasteiger partial charge >= 0.3 is 5.97 Å². The fraction of sp³-hybridized carbons (Fsp3) is 0.250. The zero-order chi connectivity index (χ0) is 13.0. The van der Waals surface area contributed by atoms with E-state index >= 15 is 0 Å². The lowest BCUT2D eigenvalue weighted by Gasteiger charge is -2.11. The number of hydrogen-bond donors (Lipinski definition) is 2. The number of rotatable bonds is 5. The highest BCUT2D eigenvalue weighted by Crippen LogP contribution is 2.29. The van der Waals surface area contributed by atoms with E-state index in [0.717, 1.165) is 10.9 Å². The monoisotopic (exact) mass is 263 g/mol. The second-order valence-electron chi connectivity index (χ2n) is 3.72. The van der Waals surface area contributed by atoms with Crippen molar-refractivity contribution in [2.45, 2.75) is 16.7 Å². The third-order valence-electron chi connectivity index (χ3n) is 2.46. The Morgan fingerprint density at radius 2 is 2.17 bits per heavy atom. The fourth-order valence-electron chi connectivity index (χ4n) is 1.59. The molecule has 6 heteroatoms. The summed E-state index contributed by atoms with van der Waals surface area (Å²) in [5, 5.41) is 10.1. The minimum atomic E-state index is -0.867. The minimum absolute atomic E-state index is 0.340. The first-order valence-electron chi connectivity index (χ1n) is 5.51. The Labute approximate surface area is 108 Å². The van der Waals surface area contributed by atoms with Crippen molar-refractivity contribution in [3.8, 4) is 0 Å². The highest BCUT2D eigenvalue weighted by molar-refractivity contribution is 8.00. The van der Waals surface area contributed by atoms with Crippen LogP contribution in [0.3, 0.4) is 0 Å². The Balaban J connectivity index is 2.33. The van der Waals surface area contributed by atoms with Gasteiger partial charge in [0, 0.05) is 5.39 Å². The smallest absolute Gasteiger partial charge is 0.317 e. The number of carboxylic acids is 1. The Kier molecular flexibility index (Phi) is 4.11. The maximum atomic E-state index is 11.1. The van der Waals surface area contributed by atoms with Crippen LogP contribution >= 0.6 is 11.8 Å². The molecule has 2 rings (SSSR count).